The maximum absolute atomic E-state index is 11.6. The lowest BCUT2D eigenvalue weighted by Crippen LogP contribution is -2.14. The van der Waals surface area contributed by atoms with Crippen molar-refractivity contribution in [1.82, 2.24) is 0 Å². The zero-order chi connectivity index (χ0) is 12.4. The Morgan fingerprint density at radius 2 is 2.12 bits per heavy atom. The van der Waals surface area contributed by atoms with Crippen LogP contribution in [0.2, 0.25) is 0 Å². The number of halogens is 1. The van der Waals surface area contributed by atoms with Crippen molar-refractivity contribution < 1.29 is 14.3 Å². The molecule has 1 aromatic heterocycles. The minimum atomic E-state index is -0.656. The Bertz CT molecular complexity index is 630. The van der Waals surface area contributed by atoms with Crippen LogP contribution in [0, 0.1) is 0 Å². The standard InChI is InChI=1S/C12H9BrO4/c13-5-10(15)9-4-8-2-1-7(6-14)3-11(8)17-12(9)16/h1-4,14H,5-6H2. The van der Waals surface area contributed by atoms with Crippen molar-refractivity contribution in [2.45, 2.75) is 6.61 Å². The number of aliphatic hydroxyl groups excluding tert-OH is 1. The lowest BCUT2D eigenvalue weighted by molar-refractivity contribution is 0.102. The number of alkyl halides is 1. The fraction of sp³-hybridized carbons (Fsp3) is 0.167. The van der Waals surface area contributed by atoms with Crippen LogP contribution in [0.3, 0.4) is 0 Å². The average molecular weight is 297 g/mol. The lowest BCUT2D eigenvalue weighted by Gasteiger charge is -2.01. The van der Waals surface area contributed by atoms with E-state index >= 15 is 0 Å². The van der Waals surface area contributed by atoms with Crippen LogP contribution in [0.1, 0.15) is 15.9 Å². The molecule has 0 amide bonds. The van der Waals surface area contributed by atoms with E-state index in [-0.39, 0.29) is 23.3 Å². The highest BCUT2D eigenvalue weighted by molar-refractivity contribution is 9.09. The maximum atomic E-state index is 11.6. The Hall–Kier alpha value is -1.46. The van der Waals surface area contributed by atoms with Gasteiger partial charge in [0.1, 0.15) is 11.1 Å². The zero-order valence-electron chi connectivity index (χ0n) is 8.77. The minimum absolute atomic E-state index is 0.0334. The fourth-order valence-corrected chi connectivity index (χ4v) is 1.82. The average Bonchev–Trinajstić information content (AvgIpc) is 2.36. The van der Waals surface area contributed by atoms with Gasteiger partial charge in [0.25, 0.3) is 0 Å². The summed E-state index contributed by atoms with van der Waals surface area (Å²) in [5.41, 5.74) is 0.399. The van der Waals surface area contributed by atoms with E-state index in [0.29, 0.717) is 16.5 Å². The quantitative estimate of drug-likeness (QED) is 0.533. The van der Waals surface area contributed by atoms with Crippen molar-refractivity contribution in [3.8, 4) is 0 Å². The predicted octanol–water partition coefficient (Wildman–Crippen LogP) is 1.86. The van der Waals surface area contributed by atoms with Gasteiger partial charge in [-0.1, -0.05) is 28.1 Å². The lowest BCUT2D eigenvalue weighted by atomic mass is 10.1. The minimum Gasteiger partial charge on any atom is -0.422 e. The molecule has 17 heavy (non-hydrogen) atoms. The molecule has 0 atom stereocenters. The summed E-state index contributed by atoms with van der Waals surface area (Å²) in [7, 11) is 0. The third-order valence-electron chi connectivity index (χ3n) is 2.40. The third kappa shape index (κ3) is 2.30. The molecular formula is C12H9BrO4. The van der Waals surface area contributed by atoms with Crippen LogP contribution >= 0.6 is 15.9 Å². The first-order valence-corrected chi connectivity index (χ1v) is 6.04. The van der Waals surface area contributed by atoms with Gasteiger partial charge in [0.15, 0.2) is 5.78 Å². The van der Waals surface area contributed by atoms with E-state index < -0.39 is 5.63 Å². The molecule has 0 aliphatic carbocycles. The van der Waals surface area contributed by atoms with Gasteiger partial charge in [0.2, 0.25) is 0 Å². The Balaban J connectivity index is 2.66. The van der Waals surface area contributed by atoms with Crippen molar-refractivity contribution in [1.29, 1.82) is 0 Å². The molecule has 0 spiro atoms. The number of fused-ring (bicyclic) bond motifs is 1. The predicted molar refractivity (Wildman–Crippen MR) is 66.5 cm³/mol. The van der Waals surface area contributed by atoms with Gasteiger partial charge in [-0.25, -0.2) is 4.79 Å². The third-order valence-corrected chi connectivity index (χ3v) is 2.91. The topological polar surface area (TPSA) is 67.5 Å². The number of Topliss-reactive ketones (excluding diaryl/α,β-unsaturated/α-hetero) is 1. The Labute approximate surface area is 105 Å². The molecule has 0 radical (unpaired) electrons. The van der Waals surface area contributed by atoms with Gasteiger partial charge in [-0.15, -0.1) is 0 Å². The molecule has 0 saturated heterocycles. The molecule has 1 aromatic carbocycles. The highest BCUT2D eigenvalue weighted by atomic mass is 79.9. The molecule has 1 heterocycles. The first-order chi connectivity index (χ1) is 8.15. The fourth-order valence-electron chi connectivity index (χ4n) is 1.52. The van der Waals surface area contributed by atoms with Crippen LogP contribution < -0.4 is 5.63 Å². The number of aliphatic hydroxyl groups is 1. The molecular weight excluding hydrogens is 288 g/mol. The van der Waals surface area contributed by atoms with E-state index in [1.54, 1.807) is 18.2 Å². The summed E-state index contributed by atoms with van der Waals surface area (Å²) < 4.78 is 5.05. The van der Waals surface area contributed by atoms with E-state index in [0.717, 1.165) is 0 Å². The number of hydrogen-bond acceptors (Lipinski definition) is 4. The second-order valence-electron chi connectivity index (χ2n) is 3.53. The maximum Gasteiger partial charge on any atom is 0.347 e. The van der Waals surface area contributed by atoms with E-state index in [2.05, 4.69) is 15.9 Å². The van der Waals surface area contributed by atoms with Crippen molar-refractivity contribution in [2.24, 2.45) is 0 Å². The molecule has 0 fully saturated rings. The van der Waals surface area contributed by atoms with Crippen LogP contribution in [0.5, 0.6) is 0 Å². The number of rotatable bonds is 3. The first-order valence-electron chi connectivity index (χ1n) is 4.92. The van der Waals surface area contributed by atoms with E-state index in [1.165, 1.54) is 6.07 Å². The van der Waals surface area contributed by atoms with Crippen molar-refractivity contribution >= 4 is 32.7 Å². The summed E-state index contributed by atoms with van der Waals surface area (Å²) in [5.74, 6) is -0.313. The van der Waals surface area contributed by atoms with Gasteiger partial charge < -0.3 is 9.52 Å². The highest BCUT2D eigenvalue weighted by Crippen LogP contribution is 2.16. The monoisotopic (exact) mass is 296 g/mol. The Morgan fingerprint density at radius 1 is 1.35 bits per heavy atom. The normalized spacial score (nSPS) is 10.7. The van der Waals surface area contributed by atoms with Gasteiger partial charge in [0.05, 0.1) is 11.9 Å². The summed E-state index contributed by atoms with van der Waals surface area (Å²) in [4.78, 5) is 23.0. The molecule has 0 unspecified atom stereocenters. The van der Waals surface area contributed by atoms with Crippen molar-refractivity contribution in [3.05, 3.63) is 45.8 Å². The van der Waals surface area contributed by atoms with Gasteiger partial charge >= 0.3 is 5.63 Å². The van der Waals surface area contributed by atoms with Gasteiger partial charge in [-0.3, -0.25) is 4.79 Å². The van der Waals surface area contributed by atoms with Crippen molar-refractivity contribution in [3.63, 3.8) is 0 Å². The number of carbonyl (C=O) groups excluding carboxylic acids is 1. The summed E-state index contributed by atoms with van der Waals surface area (Å²) in [6.07, 6.45) is 0. The number of benzene rings is 1. The molecule has 0 bridgehead atoms. The van der Waals surface area contributed by atoms with Crippen molar-refractivity contribution in [2.75, 3.05) is 5.33 Å². The van der Waals surface area contributed by atoms with Gasteiger partial charge in [-0.2, -0.15) is 0 Å². The highest BCUT2D eigenvalue weighted by Gasteiger charge is 2.12. The smallest absolute Gasteiger partial charge is 0.347 e. The molecule has 4 nitrogen and oxygen atoms in total. The number of carbonyl (C=O) groups is 1. The molecule has 2 rings (SSSR count). The van der Waals surface area contributed by atoms with E-state index in [1.807, 2.05) is 0 Å². The second-order valence-corrected chi connectivity index (χ2v) is 4.10. The van der Waals surface area contributed by atoms with E-state index in [9.17, 15) is 9.59 Å². The second kappa shape index (κ2) is 4.81. The Morgan fingerprint density at radius 3 is 2.76 bits per heavy atom. The molecule has 5 heteroatoms. The largest absolute Gasteiger partial charge is 0.422 e. The first kappa shape index (κ1) is 12.0. The molecule has 0 aliphatic heterocycles. The Kier molecular flexibility index (Phi) is 3.40. The van der Waals surface area contributed by atoms with Crippen LogP contribution in [-0.4, -0.2) is 16.2 Å². The van der Waals surface area contributed by atoms with Crippen LogP contribution in [0.15, 0.2) is 33.5 Å². The summed E-state index contributed by atoms with van der Waals surface area (Å²) in [6, 6.07) is 6.50. The van der Waals surface area contributed by atoms with Crippen LogP contribution in [0.4, 0.5) is 0 Å². The van der Waals surface area contributed by atoms with Crippen LogP contribution in [-0.2, 0) is 6.61 Å². The van der Waals surface area contributed by atoms with Crippen LogP contribution in [0.25, 0.3) is 11.0 Å². The summed E-state index contributed by atoms with van der Waals surface area (Å²) in [5, 5.41) is 9.71. The summed E-state index contributed by atoms with van der Waals surface area (Å²) in [6.45, 7) is -0.123. The number of ketones is 1. The van der Waals surface area contributed by atoms with Gasteiger partial charge in [-0.05, 0) is 17.7 Å². The molecule has 2 aromatic rings. The zero-order valence-corrected chi connectivity index (χ0v) is 10.4. The van der Waals surface area contributed by atoms with E-state index in [4.69, 9.17) is 9.52 Å². The van der Waals surface area contributed by atoms with Gasteiger partial charge in [0, 0.05) is 5.39 Å². The number of hydrogen-bond donors (Lipinski definition) is 1. The SMILES string of the molecule is O=C(CBr)c1cc2ccc(CO)cc2oc1=O. The summed E-state index contributed by atoms with van der Waals surface area (Å²) >= 11 is 3.01. The molecule has 88 valence electrons. The molecule has 0 saturated carbocycles. The molecule has 0 aliphatic rings. The molecule has 1 N–H and O–H groups in total.